The first-order valence-electron chi connectivity index (χ1n) is 6.23. The predicted octanol–water partition coefficient (Wildman–Crippen LogP) is 2.14. The largest absolute Gasteiger partial charge is 0.389 e. The van der Waals surface area contributed by atoms with Crippen LogP contribution in [0.25, 0.3) is 0 Å². The van der Waals surface area contributed by atoms with E-state index in [1.54, 1.807) is 0 Å². The number of nitrogens with zero attached hydrogens (tertiary/aromatic N) is 1. The molecule has 2 saturated heterocycles. The molecule has 3 atom stereocenters. The summed E-state index contributed by atoms with van der Waals surface area (Å²) in [4.78, 5) is 3.90. The van der Waals surface area contributed by atoms with Gasteiger partial charge in [-0.3, -0.25) is 0 Å². The molecule has 0 amide bonds. The number of hydrogen-bond donors (Lipinski definition) is 1. The normalized spacial score (nSPS) is 37.8. The second-order valence-corrected chi connectivity index (χ2v) is 6.25. The van der Waals surface area contributed by atoms with Crippen LogP contribution >= 0.6 is 11.3 Å². The molecule has 0 radical (unpaired) electrons. The van der Waals surface area contributed by atoms with Crippen LogP contribution in [0.3, 0.4) is 0 Å². The fraction of sp³-hybridized carbons (Fsp3) is 0.692. The zero-order chi connectivity index (χ0) is 11.0. The zero-order valence-corrected chi connectivity index (χ0v) is 10.4. The standard InChI is InChI=1S/C13H19NOS/c15-13(5-3-12-2-1-9-16-12)6-8-14-7-4-11(13)10-14/h1-2,9,11,15H,3-8,10H2. The van der Waals surface area contributed by atoms with Gasteiger partial charge in [0.15, 0.2) is 0 Å². The van der Waals surface area contributed by atoms with Crippen molar-refractivity contribution < 1.29 is 5.11 Å². The van der Waals surface area contributed by atoms with E-state index >= 15 is 0 Å². The Morgan fingerprint density at radius 1 is 1.50 bits per heavy atom. The highest BCUT2D eigenvalue weighted by Gasteiger charge is 2.44. The van der Waals surface area contributed by atoms with Crippen molar-refractivity contribution in [1.82, 2.24) is 4.90 Å². The molecule has 1 aromatic rings. The van der Waals surface area contributed by atoms with Crippen molar-refractivity contribution in [3.8, 4) is 0 Å². The lowest BCUT2D eigenvalue weighted by Crippen LogP contribution is -2.46. The summed E-state index contributed by atoms with van der Waals surface area (Å²) < 4.78 is 0. The molecule has 2 nitrogen and oxygen atoms in total. The molecule has 3 heterocycles. The van der Waals surface area contributed by atoms with Gasteiger partial charge in [0.05, 0.1) is 5.60 Å². The number of aliphatic hydroxyl groups is 1. The average molecular weight is 237 g/mol. The summed E-state index contributed by atoms with van der Waals surface area (Å²) in [7, 11) is 0. The Kier molecular flexibility index (Phi) is 2.78. The summed E-state index contributed by atoms with van der Waals surface area (Å²) in [5.74, 6) is 0.529. The first-order chi connectivity index (χ1) is 7.76. The SMILES string of the molecule is OC1(CCc2cccs2)CCN2CCC1C2. The number of rotatable bonds is 3. The number of fused-ring (bicyclic) bond motifs is 2. The lowest BCUT2D eigenvalue weighted by Gasteiger charge is -2.38. The Balaban J connectivity index is 1.64. The fourth-order valence-electron chi connectivity index (χ4n) is 3.15. The van der Waals surface area contributed by atoms with Gasteiger partial charge in [-0.15, -0.1) is 11.3 Å². The minimum absolute atomic E-state index is 0.378. The van der Waals surface area contributed by atoms with Gasteiger partial charge in [-0.05, 0) is 43.7 Å². The maximum atomic E-state index is 10.7. The minimum Gasteiger partial charge on any atom is -0.389 e. The van der Waals surface area contributed by atoms with E-state index in [1.165, 1.54) is 17.8 Å². The van der Waals surface area contributed by atoms with Gasteiger partial charge < -0.3 is 10.0 Å². The van der Waals surface area contributed by atoms with E-state index in [2.05, 4.69) is 22.4 Å². The summed E-state index contributed by atoms with van der Waals surface area (Å²) in [5, 5.41) is 12.9. The van der Waals surface area contributed by atoms with E-state index in [0.717, 1.165) is 32.4 Å². The van der Waals surface area contributed by atoms with Gasteiger partial charge in [0.1, 0.15) is 0 Å². The third-order valence-electron chi connectivity index (χ3n) is 4.28. The summed E-state index contributed by atoms with van der Waals surface area (Å²) in [5.41, 5.74) is -0.378. The van der Waals surface area contributed by atoms with Crippen molar-refractivity contribution in [1.29, 1.82) is 0 Å². The van der Waals surface area contributed by atoms with Gasteiger partial charge in [0, 0.05) is 23.9 Å². The average Bonchev–Trinajstić information content (AvgIpc) is 2.93. The van der Waals surface area contributed by atoms with Crippen LogP contribution < -0.4 is 0 Å². The molecular weight excluding hydrogens is 218 g/mol. The van der Waals surface area contributed by atoms with Crippen LogP contribution in [-0.2, 0) is 6.42 Å². The molecule has 0 aromatic carbocycles. The Labute approximate surface area is 101 Å². The van der Waals surface area contributed by atoms with Gasteiger partial charge >= 0.3 is 0 Å². The second kappa shape index (κ2) is 4.13. The van der Waals surface area contributed by atoms with Crippen molar-refractivity contribution >= 4 is 11.3 Å². The van der Waals surface area contributed by atoms with Crippen LogP contribution in [-0.4, -0.2) is 35.2 Å². The first-order valence-corrected chi connectivity index (χ1v) is 7.11. The van der Waals surface area contributed by atoms with Crippen molar-refractivity contribution in [2.45, 2.75) is 31.3 Å². The molecule has 0 spiro atoms. The van der Waals surface area contributed by atoms with Crippen LogP contribution in [0.2, 0.25) is 0 Å². The van der Waals surface area contributed by atoms with Gasteiger partial charge in [-0.25, -0.2) is 0 Å². The van der Waals surface area contributed by atoms with Crippen LogP contribution in [0.1, 0.15) is 24.1 Å². The minimum atomic E-state index is -0.378. The lowest BCUT2D eigenvalue weighted by atomic mass is 9.79. The molecule has 16 heavy (non-hydrogen) atoms. The lowest BCUT2D eigenvalue weighted by molar-refractivity contribution is -0.0505. The van der Waals surface area contributed by atoms with Crippen molar-refractivity contribution in [2.24, 2.45) is 5.92 Å². The van der Waals surface area contributed by atoms with E-state index in [0.29, 0.717) is 5.92 Å². The summed E-state index contributed by atoms with van der Waals surface area (Å²) in [6.07, 6.45) is 4.17. The topological polar surface area (TPSA) is 23.5 Å². The maximum absolute atomic E-state index is 10.7. The molecule has 3 rings (SSSR count). The molecule has 0 saturated carbocycles. The molecule has 88 valence electrons. The molecule has 2 aliphatic heterocycles. The third-order valence-corrected chi connectivity index (χ3v) is 5.21. The van der Waals surface area contributed by atoms with Crippen molar-refractivity contribution in [2.75, 3.05) is 19.6 Å². The first kappa shape index (κ1) is 10.8. The molecule has 0 aliphatic carbocycles. The van der Waals surface area contributed by atoms with Crippen LogP contribution in [0, 0.1) is 5.92 Å². The Bertz CT molecular complexity index is 351. The van der Waals surface area contributed by atoms with Gasteiger partial charge in [-0.1, -0.05) is 6.07 Å². The van der Waals surface area contributed by atoms with E-state index in [4.69, 9.17) is 0 Å². The van der Waals surface area contributed by atoms with Gasteiger partial charge in [0.25, 0.3) is 0 Å². The monoisotopic (exact) mass is 237 g/mol. The summed E-state index contributed by atoms with van der Waals surface area (Å²) in [6.45, 7) is 3.42. The number of thiophene rings is 1. The molecule has 3 unspecified atom stereocenters. The summed E-state index contributed by atoms with van der Waals surface area (Å²) >= 11 is 1.81. The quantitative estimate of drug-likeness (QED) is 0.870. The molecule has 1 N–H and O–H groups in total. The van der Waals surface area contributed by atoms with E-state index in [-0.39, 0.29) is 5.60 Å². The Morgan fingerprint density at radius 2 is 2.44 bits per heavy atom. The number of piperidine rings is 1. The van der Waals surface area contributed by atoms with Crippen LogP contribution in [0.15, 0.2) is 17.5 Å². The van der Waals surface area contributed by atoms with E-state index < -0.39 is 0 Å². The highest BCUT2D eigenvalue weighted by atomic mass is 32.1. The molecule has 2 aliphatic rings. The van der Waals surface area contributed by atoms with E-state index in [9.17, 15) is 5.11 Å². The van der Waals surface area contributed by atoms with Crippen LogP contribution in [0.4, 0.5) is 0 Å². The number of aryl methyl sites for hydroxylation is 1. The number of hydrogen-bond acceptors (Lipinski definition) is 3. The molecule has 3 heteroatoms. The Morgan fingerprint density at radius 3 is 3.25 bits per heavy atom. The molecule has 2 bridgehead atoms. The van der Waals surface area contributed by atoms with Crippen LogP contribution in [0.5, 0.6) is 0 Å². The highest BCUT2D eigenvalue weighted by Crippen LogP contribution is 2.38. The van der Waals surface area contributed by atoms with Gasteiger partial charge in [-0.2, -0.15) is 0 Å². The highest BCUT2D eigenvalue weighted by molar-refractivity contribution is 7.09. The second-order valence-electron chi connectivity index (χ2n) is 5.22. The van der Waals surface area contributed by atoms with Crippen molar-refractivity contribution in [3.05, 3.63) is 22.4 Å². The third kappa shape index (κ3) is 1.92. The van der Waals surface area contributed by atoms with Crippen molar-refractivity contribution in [3.63, 3.8) is 0 Å². The molecule has 1 aromatic heterocycles. The molecule has 2 fully saturated rings. The summed E-state index contributed by atoms with van der Waals surface area (Å²) in [6, 6.07) is 4.28. The van der Waals surface area contributed by atoms with Gasteiger partial charge in [0.2, 0.25) is 0 Å². The Hall–Kier alpha value is -0.380. The predicted molar refractivity (Wildman–Crippen MR) is 66.8 cm³/mol. The fourth-order valence-corrected chi connectivity index (χ4v) is 3.86. The maximum Gasteiger partial charge on any atom is 0.0704 e. The van der Waals surface area contributed by atoms with E-state index in [1.807, 2.05) is 11.3 Å². The molecular formula is C13H19NOS. The smallest absolute Gasteiger partial charge is 0.0704 e. The zero-order valence-electron chi connectivity index (χ0n) is 9.56.